The summed E-state index contributed by atoms with van der Waals surface area (Å²) in [6, 6.07) is 1.91. The predicted octanol–water partition coefficient (Wildman–Crippen LogP) is 3.17. The lowest BCUT2D eigenvalue weighted by Gasteiger charge is -2.12. The first-order valence-corrected chi connectivity index (χ1v) is 7.16. The number of hydrogen-bond acceptors (Lipinski definition) is 3. The smallest absolute Gasteiger partial charge is 0.272 e. The molecule has 1 N–H and O–H groups in total. The highest BCUT2D eigenvalue weighted by Gasteiger charge is 2.28. The largest absolute Gasteiger partial charge is 0.331 e. The molecule has 0 saturated heterocycles. The average Bonchev–Trinajstić information content (AvgIpc) is 3.04. The van der Waals surface area contributed by atoms with Crippen molar-refractivity contribution in [2.75, 3.05) is 0 Å². The Morgan fingerprint density at radius 3 is 3.12 bits per heavy atom. The van der Waals surface area contributed by atoms with Crippen molar-refractivity contribution >= 4 is 33.8 Å². The van der Waals surface area contributed by atoms with Gasteiger partial charge in [-0.25, -0.2) is 0 Å². The lowest BCUT2D eigenvalue weighted by atomic mass is 10.1. The average molecular weight is 266 g/mol. The van der Waals surface area contributed by atoms with E-state index in [1.165, 1.54) is 24.2 Å². The molecule has 2 aromatic rings. The van der Waals surface area contributed by atoms with Crippen molar-refractivity contribution in [1.82, 2.24) is 9.55 Å². The molecule has 0 bridgehead atoms. The Balaban J connectivity index is 2.08. The Bertz CT molecular complexity index is 663. The molecular formula is C12H14N2OS2. The van der Waals surface area contributed by atoms with Gasteiger partial charge in [0.1, 0.15) is 4.70 Å². The van der Waals surface area contributed by atoms with Crippen LogP contribution in [0.5, 0.6) is 0 Å². The third-order valence-electron chi connectivity index (χ3n) is 3.49. The van der Waals surface area contributed by atoms with Gasteiger partial charge in [0.15, 0.2) is 4.77 Å². The van der Waals surface area contributed by atoms with Crippen molar-refractivity contribution in [3.05, 3.63) is 26.6 Å². The van der Waals surface area contributed by atoms with Crippen molar-refractivity contribution in [3.63, 3.8) is 0 Å². The minimum absolute atomic E-state index is 0.0613. The Morgan fingerprint density at radius 2 is 2.41 bits per heavy atom. The van der Waals surface area contributed by atoms with Gasteiger partial charge >= 0.3 is 0 Å². The van der Waals surface area contributed by atoms with E-state index in [1.807, 2.05) is 11.4 Å². The summed E-state index contributed by atoms with van der Waals surface area (Å²) in [5.41, 5.74) is 0.923. The van der Waals surface area contributed by atoms with E-state index in [1.54, 1.807) is 4.57 Å². The zero-order valence-corrected chi connectivity index (χ0v) is 11.2. The van der Waals surface area contributed by atoms with E-state index in [-0.39, 0.29) is 5.56 Å². The molecule has 1 fully saturated rings. The summed E-state index contributed by atoms with van der Waals surface area (Å²) in [6.45, 7) is 2.95. The summed E-state index contributed by atoms with van der Waals surface area (Å²) < 4.78 is 3.05. The van der Waals surface area contributed by atoms with Gasteiger partial charge in [-0.05, 0) is 48.3 Å². The van der Waals surface area contributed by atoms with Crippen LogP contribution < -0.4 is 5.56 Å². The van der Waals surface area contributed by atoms with E-state index in [0.29, 0.717) is 10.7 Å². The summed E-state index contributed by atoms with van der Waals surface area (Å²) in [5, 5.41) is 1.92. The van der Waals surface area contributed by atoms with E-state index >= 15 is 0 Å². The van der Waals surface area contributed by atoms with Crippen molar-refractivity contribution in [1.29, 1.82) is 0 Å². The molecule has 2 heterocycles. The highest BCUT2D eigenvalue weighted by atomic mass is 32.1. The van der Waals surface area contributed by atoms with Crippen LogP contribution in [0.15, 0.2) is 16.2 Å². The zero-order valence-electron chi connectivity index (χ0n) is 9.60. The lowest BCUT2D eigenvalue weighted by molar-refractivity contribution is 0.419. The second kappa shape index (κ2) is 4.07. The molecule has 3 nitrogen and oxygen atoms in total. The number of rotatable bonds is 3. The van der Waals surface area contributed by atoms with Crippen molar-refractivity contribution < 1.29 is 0 Å². The van der Waals surface area contributed by atoms with Crippen LogP contribution in [0, 0.1) is 16.6 Å². The topological polar surface area (TPSA) is 37.8 Å². The molecule has 5 heteroatoms. The molecular weight excluding hydrogens is 252 g/mol. The molecule has 1 unspecified atom stereocenters. The summed E-state index contributed by atoms with van der Waals surface area (Å²) in [5.74, 6) is 1.33. The molecule has 90 valence electrons. The quantitative estimate of drug-likeness (QED) is 0.867. The van der Waals surface area contributed by atoms with Crippen LogP contribution in [0.4, 0.5) is 0 Å². The maximum atomic E-state index is 12.3. The molecule has 0 aromatic carbocycles. The number of aromatic nitrogens is 2. The molecule has 1 atom stereocenters. The summed E-state index contributed by atoms with van der Waals surface area (Å²) in [6.07, 6.45) is 2.60. The van der Waals surface area contributed by atoms with Crippen LogP contribution in [0.1, 0.15) is 19.8 Å². The molecule has 17 heavy (non-hydrogen) atoms. The normalized spacial score (nSPS) is 17.5. The van der Waals surface area contributed by atoms with E-state index in [0.717, 1.165) is 22.7 Å². The molecule has 1 saturated carbocycles. The number of H-pyrrole nitrogens is 1. The first-order valence-electron chi connectivity index (χ1n) is 5.87. The summed E-state index contributed by atoms with van der Waals surface area (Å²) in [7, 11) is 0. The van der Waals surface area contributed by atoms with Crippen LogP contribution in [-0.2, 0) is 6.54 Å². The Kier molecular flexibility index (Phi) is 2.67. The van der Waals surface area contributed by atoms with E-state index < -0.39 is 0 Å². The molecule has 0 amide bonds. The maximum absolute atomic E-state index is 12.3. The second-order valence-corrected chi connectivity index (χ2v) is 6.13. The third-order valence-corrected chi connectivity index (χ3v) is 4.71. The highest BCUT2D eigenvalue weighted by molar-refractivity contribution is 7.71. The summed E-state index contributed by atoms with van der Waals surface area (Å²) >= 11 is 6.75. The van der Waals surface area contributed by atoms with Gasteiger partial charge in [-0.2, -0.15) is 0 Å². The SMILES string of the molecule is CC(Cn1c(=S)[nH]c2ccsc2c1=O)C1CC1. The summed E-state index contributed by atoms with van der Waals surface area (Å²) in [4.78, 5) is 15.4. The van der Waals surface area contributed by atoms with Gasteiger partial charge < -0.3 is 4.98 Å². The van der Waals surface area contributed by atoms with Gasteiger partial charge in [-0.15, -0.1) is 11.3 Å². The van der Waals surface area contributed by atoms with E-state index in [9.17, 15) is 4.79 Å². The standard InChI is InChI=1S/C12H14N2OS2/c1-7(8-2-3-8)6-14-11(15)10-9(4-5-17-10)13-12(14)16/h4-5,7-8H,2-3,6H2,1H3,(H,13,16). The number of nitrogens with zero attached hydrogens (tertiary/aromatic N) is 1. The molecule has 2 aromatic heterocycles. The first-order chi connectivity index (χ1) is 8.16. The molecule has 1 aliphatic carbocycles. The van der Waals surface area contributed by atoms with Crippen molar-refractivity contribution in [2.24, 2.45) is 11.8 Å². The van der Waals surface area contributed by atoms with Crippen LogP contribution in [-0.4, -0.2) is 9.55 Å². The lowest BCUT2D eigenvalue weighted by Crippen LogP contribution is -2.25. The van der Waals surface area contributed by atoms with E-state index in [4.69, 9.17) is 12.2 Å². The highest BCUT2D eigenvalue weighted by Crippen LogP contribution is 2.37. The van der Waals surface area contributed by atoms with Crippen molar-refractivity contribution in [3.8, 4) is 0 Å². The number of nitrogens with one attached hydrogen (secondary N) is 1. The van der Waals surface area contributed by atoms with Gasteiger partial charge in [0.25, 0.3) is 5.56 Å². The maximum Gasteiger partial charge on any atom is 0.272 e. The fraction of sp³-hybridized carbons (Fsp3) is 0.500. The Labute approximate surface area is 108 Å². The van der Waals surface area contributed by atoms with Gasteiger partial charge in [0.2, 0.25) is 0 Å². The zero-order chi connectivity index (χ0) is 12.0. The molecule has 0 radical (unpaired) electrons. The Hall–Kier alpha value is -0.940. The fourth-order valence-corrected chi connectivity index (χ4v) is 3.30. The first kappa shape index (κ1) is 11.2. The number of aromatic amines is 1. The minimum Gasteiger partial charge on any atom is -0.331 e. The van der Waals surface area contributed by atoms with Gasteiger partial charge in [-0.3, -0.25) is 9.36 Å². The number of hydrogen-bond donors (Lipinski definition) is 1. The van der Waals surface area contributed by atoms with Crippen LogP contribution >= 0.6 is 23.6 Å². The van der Waals surface area contributed by atoms with Gasteiger partial charge in [0, 0.05) is 6.54 Å². The fourth-order valence-electron chi connectivity index (χ4n) is 2.24. The molecule has 0 aliphatic heterocycles. The number of thiophene rings is 1. The van der Waals surface area contributed by atoms with Crippen molar-refractivity contribution in [2.45, 2.75) is 26.3 Å². The Morgan fingerprint density at radius 1 is 1.65 bits per heavy atom. The van der Waals surface area contributed by atoms with Crippen LogP contribution in [0.3, 0.4) is 0 Å². The third kappa shape index (κ3) is 1.98. The minimum atomic E-state index is 0.0613. The van der Waals surface area contributed by atoms with Gasteiger partial charge in [-0.1, -0.05) is 6.92 Å². The molecule has 0 spiro atoms. The molecule has 3 rings (SSSR count). The van der Waals surface area contributed by atoms with Crippen LogP contribution in [0.25, 0.3) is 10.2 Å². The second-order valence-electron chi connectivity index (χ2n) is 4.82. The van der Waals surface area contributed by atoms with Gasteiger partial charge in [0.05, 0.1) is 5.52 Å². The predicted molar refractivity (Wildman–Crippen MR) is 73.2 cm³/mol. The van der Waals surface area contributed by atoms with Crippen LogP contribution in [0.2, 0.25) is 0 Å². The number of fused-ring (bicyclic) bond motifs is 1. The molecule has 1 aliphatic rings. The monoisotopic (exact) mass is 266 g/mol. The van der Waals surface area contributed by atoms with E-state index in [2.05, 4.69) is 11.9 Å².